The number of nitrogens with two attached hydrogens (primary N) is 1. The second-order valence-corrected chi connectivity index (χ2v) is 5.33. The zero-order valence-corrected chi connectivity index (χ0v) is 11.5. The number of ether oxygens (including phenoxy) is 1. The zero-order chi connectivity index (χ0) is 13.5. The molecule has 0 heterocycles. The fourth-order valence-corrected chi connectivity index (χ4v) is 2.61. The molecule has 0 saturated carbocycles. The lowest BCUT2D eigenvalue weighted by molar-refractivity contribution is 0.0522. The maximum Gasteiger partial charge on any atom is 0.339 e. The summed E-state index contributed by atoms with van der Waals surface area (Å²) in [4.78, 5) is 12.5. The Morgan fingerprint density at radius 2 is 2.28 bits per heavy atom. The summed E-state index contributed by atoms with van der Waals surface area (Å²) in [5.41, 5.74) is 6.97. The van der Waals surface area contributed by atoms with E-state index in [0.29, 0.717) is 24.3 Å². The largest absolute Gasteiger partial charge is 0.462 e. The van der Waals surface area contributed by atoms with Crippen LogP contribution in [-0.2, 0) is 4.74 Å². The van der Waals surface area contributed by atoms with Crippen molar-refractivity contribution in [3.8, 4) is 0 Å². The molecule has 0 saturated heterocycles. The highest BCUT2D eigenvalue weighted by Gasteiger charge is 2.17. The van der Waals surface area contributed by atoms with Gasteiger partial charge < -0.3 is 15.6 Å². The third kappa shape index (κ3) is 3.92. The Hall–Kier alpha value is -1.20. The number of nitrogen functional groups attached to an aromatic ring is 1. The van der Waals surface area contributed by atoms with Crippen LogP contribution in [0, 0.1) is 0 Å². The van der Waals surface area contributed by atoms with Crippen LogP contribution in [0.5, 0.6) is 0 Å². The smallest absolute Gasteiger partial charge is 0.339 e. The topological polar surface area (TPSA) is 72.5 Å². The number of hydrogen-bond donors (Lipinski definition) is 2. The first-order valence-corrected chi connectivity index (χ1v) is 6.81. The highest BCUT2D eigenvalue weighted by atomic mass is 32.2. The Bertz CT molecular complexity index is 409. The quantitative estimate of drug-likeness (QED) is 0.471. The molecule has 4 nitrogen and oxygen atoms in total. The molecule has 1 aromatic rings. The molecule has 0 radical (unpaired) electrons. The summed E-state index contributed by atoms with van der Waals surface area (Å²) < 4.78 is 5.01. The molecule has 5 heteroatoms. The molecule has 1 atom stereocenters. The molecule has 1 aromatic carbocycles. The van der Waals surface area contributed by atoms with Crippen LogP contribution in [0.1, 0.15) is 30.6 Å². The SMILES string of the molecule is CCOC(=O)c1cccc(N)c1SC(C)CCO. The van der Waals surface area contributed by atoms with Crippen molar-refractivity contribution in [1.82, 2.24) is 0 Å². The number of carbonyl (C=O) groups is 1. The Morgan fingerprint density at radius 3 is 2.89 bits per heavy atom. The molecule has 0 bridgehead atoms. The van der Waals surface area contributed by atoms with Crippen LogP contribution in [0.25, 0.3) is 0 Å². The van der Waals surface area contributed by atoms with Crippen molar-refractivity contribution in [2.75, 3.05) is 18.9 Å². The van der Waals surface area contributed by atoms with Crippen LogP contribution >= 0.6 is 11.8 Å². The van der Waals surface area contributed by atoms with Crippen LogP contribution in [0.3, 0.4) is 0 Å². The number of esters is 1. The van der Waals surface area contributed by atoms with Crippen LogP contribution < -0.4 is 5.73 Å². The highest BCUT2D eigenvalue weighted by molar-refractivity contribution is 8.00. The van der Waals surface area contributed by atoms with Gasteiger partial charge in [-0.05, 0) is 25.5 Å². The van der Waals surface area contributed by atoms with Crippen molar-refractivity contribution < 1.29 is 14.6 Å². The van der Waals surface area contributed by atoms with Crippen molar-refractivity contribution in [3.63, 3.8) is 0 Å². The van der Waals surface area contributed by atoms with E-state index in [1.165, 1.54) is 11.8 Å². The molecule has 1 unspecified atom stereocenters. The van der Waals surface area contributed by atoms with Crippen LogP contribution in [0.15, 0.2) is 23.1 Å². The first-order valence-electron chi connectivity index (χ1n) is 5.93. The van der Waals surface area contributed by atoms with E-state index < -0.39 is 0 Å². The molecule has 100 valence electrons. The zero-order valence-electron chi connectivity index (χ0n) is 10.7. The fraction of sp³-hybridized carbons (Fsp3) is 0.462. The van der Waals surface area contributed by atoms with Gasteiger partial charge in [-0.3, -0.25) is 0 Å². The lowest BCUT2D eigenvalue weighted by Crippen LogP contribution is -2.09. The minimum atomic E-state index is -0.358. The average molecular weight is 269 g/mol. The molecule has 0 aliphatic rings. The van der Waals surface area contributed by atoms with Gasteiger partial charge >= 0.3 is 5.97 Å². The Balaban J connectivity index is 2.97. The summed E-state index contributed by atoms with van der Waals surface area (Å²) in [5, 5.41) is 9.10. The van der Waals surface area contributed by atoms with E-state index in [0.717, 1.165) is 4.90 Å². The minimum absolute atomic E-state index is 0.121. The van der Waals surface area contributed by atoms with Gasteiger partial charge in [0.05, 0.1) is 12.2 Å². The van der Waals surface area contributed by atoms with Gasteiger partial charge in [0.25, 0.3) is 0 Å². The summed E-state index contributed by atoms with van der Waals surface area (Å²) in [5.74, 6) is -0.358. The van der Waals surface area contributed by atoms with E-state index in [1.807, 2.05) is 6.92 Å². The third-order valence-electron chi connectivity index (χ3n) is 2.40. The number of rotatable bonds is 6. The summed E-state index contributed by atoms with van der Waals surface area (Å²) in [7, 11) is 0. The Kier molecular flexibility index (Phi) is 6.01. The summed E-state index contributed by atoms with van der Waals surface area (Å²) in [6.07, 6.45) is 0.654. The van der Waals surface area contributed by atoms with Crippen LogP contribution in [-0.4, -0.2) is 29.5 Å². The Morgan fingerprint density at radius 1 is 1.56 bits per heavy atom. The van der Waals surface area contributed by atoms with Crippen molar-refractivity contribution >= 4 is 23.4 Å². The molecule has 0 fully saturated rings. The second kappa shape index (κ2) is 7.28. The molecule has 0 aliphatic heterocycles. The normalized spacial score (nSPS) is 12.2. The standard InChI is InChI=1S/C13H19NO3S/c1-3-17-13(16)10-5-4-6-11(14)12(10)18-9(2)7-8-15/h4-6,9,15H,3,7-8,14H2,1-2H3. The summed E-state index contributed by atoms with van der Waals surface area (Å²) in [6.45, 7) is 4.22. The summed E-state index contributed by atoms with van der Waals surface area (Å²) in [6, 6.07) is 5.21. The minimum Gasteiger partial charge on any atom is -0.462 e. The van der Waals surface area contributed by atoms with Gasteiger partial charge in [0.15, 0.2) is 0 Å². The summed E-state index contributed by atoms with van der Waals surface area (Å²) >= 11 is 1.49. The average Bonchev–Trinajstić information content (AvgIpc) is 2.32. The predicted molar refractivity (Wildman–Crippen MR) is 73.8 cm³/mol. The van der Waals surface area contributed by atoms with Crippen molar-refractivity contribution in [2.24, 2.45) is 0 Å². The van der Waals surface area contributed by atoms with E-state index in [2.05, 4.69) is 0 Å². The maximum atomic E-state index is 11.8. The number of thioether (sulfide) groups is 1. The second-order valence-electron chi connectivity index (χ2n) is 3.89. The lowest BCUT2D eigenvalue weighted by atomic mass is 10.2. The number of benzene rings is 1. The molecule has 3 N–H and O–H groups in total. The number of carbonyl (C=O) groups excluding carboxylic acids is 1. The van der Waals surface area contributed by atoms with Crippen LogP contribution in [0.2, 0.25) is 0 Å². The van der Waals surface area contributed by atoms with E-state index in [9.17, 15) is 4.79 Å². The first kappa shape index (κ1) is 14.9. The maximum absolute atomic E-state index is 11.8. The van der Waals surface area contributed by atoms with Gasteiger partial charge in [-0.1, -0.05) is 13.0 Å². The van der Waals surface area contributed by atoms with E-state index in [1.54, 1.807) is 25.1 Å². The van der Waals surface area contributed by atoms with Gasteiger partial charge in [0.1, 0.15) is 0 Å². The number of anilines is 1. The predicted octanol–water partition coefficient (Wildman–Crippen LogP) is 2.31. The lowest BCUT2D eigenvalue weighted by Gasteiger charge is -2.14. The van der Waals surface area contributed by atoms with Crippen molar-refractivity contribution in [2.45, 2.75) is 30.4 Å². The van der Waals surface area contributed by atoms with Gasteiger partial charge in [0, 0.05) is 22.4 Å². The van der Waals surface area contributed by atoms with Gasteiger partial charge in [-0.25, -0.2) is 4.79 Å². The molecule has 18 heavy (non-hydrogen) atoms. The van der Waals surface area contributed by atoms with E-state index in [4.69, 9.17) is 15.6 Å². The monoisotopic (exact) mass is 269 g/mol. The first-order chi connectivity index (χ1) is 8.60. The highest BCUT2D eigenvalue weighted by Crippen LogP contribution is 2.33. The molecule has 0 spiro atoms. The Labute approximate surface area is 112 Å². The number of aliphatic hydroxyl groups is 1. The van der Waals surface area contributed by atoms with Gasteiger partial charge in [-0.15, -0.1) is 11.8 Å². The van der Waals surface area contributed by atoms with Gasteiger partial charge in [0.2, 0.25) is 0 Å². The molecule has 0 amide bonds. The number of hydrogen-bond acceptors (Lipinski definition) is 5. The molecular formula is C13H19NO3S. The van der Waals surface area contributed by atoms with Crippen molar-refractivity contribution in [3.05, 3.63) is 23.8 Å². The van der Waals surface area contributed by atoms with Crippen molar-refractivity contribution in [1.29, 1.82) is 0 Å². The van der Waals surface area contributed by atoms with Crippen LogP contribution in [0.4, 0.5) is 5.69 Å². The third-order valence-corrected chi connectivity index (χ3v) is 3.72. The van der Waals surface area contributed by atoms with E-state index in [-0.39, 0.29) is 17.8 Å². The van der Waals surface area contributed by atoms with E-state index >= 15 is 0 Å². The molecule has 0 aliphatic carbocycles. The molecule has 1 rings (SSSR count). The molecule has 0 aromatic heterocycles. The fourth-order valence-electron chi connectivity index (χ4n) is 1.50. The van der Waals surface area contributed by atoms with Gasteiger partial charge in [-0.2, -0.15) is 0 Å². The molecular weight excluding hydrogens is 250 g/mol. The number of aliphatic hydroxyl groups excluding tert-OH is 1.